The Morgan fingerprint density at radius 3 is 0.830 bits per heavy atom. The Labute approximate surface area is 517 Å². The first-order valence-electron chi connectivity index (χ1n) is 31.3. The molecule has 5 nitrogen and oxygen atoms in total. The van der Waals surface area contributed by atoms with Gasteiger partial charge in [0, 0.05) is 27.1 Å². The van der Waals surface area contributed by atoms with Gasteiger partial charge < -0.3 is 0 Å². The molecular formula is C81H57N5Si2. The van der Waals surface area contributed by atoms with Crippen LogP contribution in [-0.4, -0.2) is 40.2 Å². The highest BCUT2D eigenvalue weighted by Crippen LogP contribution is 2.35. The fourth-order valence-corrected chi connectivity index (χ4v) is 23.0. The fourth-order valence-electron chi connectivity index (χ4n) is 13.6. The molecule has 0 atom stereocenters. The molecule has 16 rings (SSSR count). The van der Waals surface area contributed by atoms with Crippen molar-refractivity contribution in [1.29, 1.82) is 0 Å². The molecule has 0 fully saturated rings. The van der Waals surface area contributed by atoms with Crippen LogP contribution < -0.4 is 41.5 Å². The summed E-state index contributed by atoms with van der Waals surface area (Å²) in [6.07, 6.45) is 0. The molecule has 414 valence electrons. The van der Waals surface area contributed by atoms with Crippen LogP contribution in [0.1, 0.15) is 4.11 Å². The Morgan fingerprint density at radius 1 is 0.227 bits per heavy atom. The van der Waals surface area contributed by atoms with E-state index in [2.05, 4.69) is 276 Å². The number of rotatable bonds is 13. The van der Waals surface area contributed by atoms with E-state index in [0.717, 1.165) is 97.0 Å². The summed E-state index contributed by atoms with van der Waals surface area (Å²) in [5, 5.41) is 11.0. The molecule has 0 aliphatic rings. The molecule has 0 spiro atoms. The number of para-hydroxylation sites is 4. The van der Waals surface area contributed by atoms with Gasteiger partial charge >= 0.3 is 0 Å². The lowest BCUT2D eigenvalue weighted by Crippen LogP contribution is -2.78. The first-order valence-corrected chi connectivity index (χ1v) is 33.8. The molecule has 3 aromatic heterocycles. The van der Waals surface area contributed by atoms with Gasteiger partial charge in [0.15, 0.2) is 22.0 Å². The van der Waals surface area contributed by atoms with E-state index >= 15 is 0 Å². The Bertz CT molecular complexity index is 4880. The number of fused-ring (bicyclic) bond motifs is 6. The van der Waals surface area contributed by atoms with Gasteiger partial charge in [0.25, 0.3) is 0 Å². The fraction of sp³-hybridized carbons (Fsp3) is 0. The van der Waals surface area contributed by atoms with Gasteiger partial charge in [0.2, 0.25) is 11.9 Å². The number of nitrogens with zero attached hydrogens (tertiary/aromatic N) is 5. The summed E-state index contributed by atoms with van der Waals surface area (Å²) >= 11 is 0. The minimum absolute atomic E-state index is 0.0119. The molecule has 0 N–H and O–H groups in total. The second kappa shape index (κ2) is 22.1. The van der Waals surface area contributed by atoms with Gasteiger partial charge in [0.05, 0.1) is 26.2 Å². The molecule has 0 radical (unpaired) electrons. The maximum atomic E-state index is 11.9. The molecule has 0 aliphatic heterocycles. The van der Waals surface area contributed by atoms with Crippen molar-refractivity contribution in [3.63, 3.8) is 0 Å². The van der Waals surface area contributed by atoms with Crippen molar-refractivity contribution in [2.75, 3.05) is 0 Å². The van der Waals surface area contributed by atoms with Crippen LogP contribution in [0, 0.1) is 0 Å². The summed E-state index contributed by atoms with van der Waals surface area (Å²) in [6.45, 7) is 0. The number of hydrogen-bond acceptors (Lipinski definition) is 3. The van der Waals surface area contributed by atoms with E-state index in [4.69, 9.17) is 15.0 Å². The molecule has 0 saturated heterocycles. The lowest BCUT2D eigenvalue weighted by Gasteiger charge is -2.38. The predicted molar refractivity (Wildman–Crippen MR) is 372 cm³/mol. The van der Waals surface area contributed by atoms with Crippen LogP contribution in [0.15, 0.2) is 346 Å². The van der Waals surface area contributed by atoms with Crippen molar-refractivity contribution in [2.24, 2.45) is 0 Å². The molecule has 0 bridgehead atoms. The Morgan fingerprint density at radius 2 is 0.500 bits per heavy atom. The van der Waals surface area contributed by atoms with Crippen molar-refractivity contribution in [1.82, 2.24) is 24.1 Å². The SMILES string of the molecule is [2H]c1c(-c2nc(-n3c4ccccc4c4ccccc43)nc(-n3c4ccccc4c4ccccc43)n2)c([2H])c([Si](c2ccccc2)(c2ccccc2)c2cccc(-c3ccccc3)c2)c([2H])c1[Si](c1ccccc1)(c1ccccc1)c1cccc(-c2ccccc2)c1. The third kappa shape index (κ3) is 8.70. The van der Waals surface area contributed by atoms with Gasteiger partial charge in [-0.05, 0) is 88.0 Å². The molecule has 0 aliphatic carbocycles. The highest BCUT2D eigenvalue weighted by molar-refractivity contribution is 7.22. The first-order chi connectivity index (χ1) is 44.9. The molecule has 7 heteroatoms. The maximum absolute atomic E-state index is 11.9. The van der Waals surface area contributed by atoms with E-state index in [1.54, 1.807) is 0 Å². The Kier molecular flexibility index (Phi) is 12.3. The van der Waals surface area contributed by atoms with E-state index in [9.17, 15) is 4.11 Å². The smallest absolute Gasteiger partial charge is 0.240 e. The molecule has 0 amide bonds. The van der Waals surface area contributed by atoms with E-state index in [0.29, 0.717) is 22.3 Å². The van der Waals surface area contributed by atoms with Crippen molar-refractivity contribution in [3.05, 3.63) is 346 Å². The summed E-state index contributed by atoms with van der Waals surface area (Å²) < 4.78 is 39.4. The molecule has 16 aromatic rings. The Hall–Kier alpha value is -11.1. The van der Waals surface area contributed by atoms with Crippen molar-refractivity contribution in [3.8, 4) is 45.5 Å². The van der Waals surface area contributed by atoms with Crippen LogP contribution >= 0.6 is 0 Å². The summed E-state index contributed by atoms with van der Waals surface area (Å²) in [6, 6.07) is 114. The topological polar surface area (TPSA) is 48.5 Å². The van der Waals surface area contributed by atoms with Crippen LogP contribution in [0.3, 0.4) is 0 Å². The highest BCUT2D eigenvalue weighted by Gasteiger charge is 2.46. The van der Waals surface area contributed by atoms with Crippen molar-refractivity contribution >= 4 is 101 Å². The predicted octanol–water partition coefficient (Wildman–Crippen LogP) is 13.8. The van der Waals surface area contributed by atoms with E-state index in [-0.39, 0.29) is 29.5 Å². The van der Waals surface area contributed by atoms with E-state index in [1.165, 1.54) is 0 Å². The van der Waals surface area contributed by atoms with Gasteiger partial charge in [-0.25, -0.2) is 0 Å². The average molecular weight is 1160 g/mol. The van der Waals surface area contributed by atoms with Crippen molar-refractivity contribution in [2.45, 2.75) is 0 Å². The van der Waals surface area contributed by atoms with Gasteiger partial charge in [-0.3, -0.25) is 9.13 Å². The van der Waals surface area contributed by atoms with Gasteiger partial charge in [-0.1, -0.05) is 321 Å². The molecule has 88 heavy (non-hydrogen) atoms. The summed E-state index contributed by atoms with van der Waals surface area (Å²) in [5.41, 5.74) is 7.90. The second-order valence-corrected chi connectivity index (χ2v) is 29.8. The minimum Gasteiger partial charge on any atom is -0.278 e. The zero-order chi connectivity index (χ0) is 61.0. The van der Waals surface area contributed by atoms with Crippen LogP contribution in [0.25, 0.3) is 89.2 Å². The minimum atomic E-state index is -4.01. The number of hydrogen-bond donors (Lipinski definition) is 0. The monoisotopic (exact) mass is 1160 g/mol. The molecule has 0 saturated carbocycles. The molecular weight excluding hydrogens is 1100 g/mol. The number of aromatic nitrogens is 5. The quantitative estimate of drug-likeness (QED) is 0.0854. The van der Waals surface area contributed by atoms with Crippen LogP contribution in [0.2, 0.25) is 0 Å². The Balaban J connectivity index is 1.14. The highest BCUT2D eigenvalue weighted by atomic mass is 28.3. The first kappa shape index (κ1) is 49.2. The van der Waals surface area contributed by atoms with Gasteiger partial charge in [0.1, 0.15) is 0 Å². The second-order valence-electron chi connectivity index (χ2n) is 22.4. The normalized spacial score (nSPS) is 12.3. The third-order valence-electron chi connectivity index (χ3n) is 17.5. The van der Waals surface area contributed by atoms with E-state index in [1.807, 2.05) is 60.7 Å². The van der Waals surface area contributed by atoms with Gasteiger partial charge in [-0.15, -0.1) is 0 Å². The molecule has 13 aromatic carbocycles. The average Bonchev–Trinajstić information content (AvgIpc) is 1.44. The zero-order valence-corrected chi connectivity index (χ0v) is 49.9. The molecule has 0 unspecified atom stereocenters. The summed E-state index contributed by atoms with van der Waals surface area (Å²) in [5.74, 6) is 0.795. The lowest BCUT2D eigenvalue weighted by molar-refractivity contribution is 0.893. The largest absolute Gasteiger partial charge is 0.278 e. The van der Waals surface area contributed by atoms with Crippen LogP contribution in [-0.2, 0) is 0 Å². The van der Waals surface area contributed by atoms with Crippen LogP contribution in [0.5, 0.6) is 0 Å². The third-order valence-corrected chi connectivity index (χ3v) is 26.7. The summed E-state index contributed by atoms with van der Waals surface area (Å²) in [7, 11) is -8.03. The van der Waals surface area contributed by atoms with Crippen molar-refractivity contribution < 1.29 is 4.11 Å². The van der Waals surface area contributed by atoms with E-state index < -0.39 is 16.1 Å². The lowest BCUT2D eigenvalue weighted by atomic mass is 10.1. The number of benzene rings is 13. The van der Waals surface area contributed by atoms with Gasteiger partial charge in [-0.2, -0.15) is 15.0 Å². The maximum Gasteiger partial charge on any atom is 0.240 e. The van der Waals surface area contributed by atoms with Crippen LogP contribution in [0.4, 0.5) is 0 Å². The zero-order valence-electron chi connectivity index (χ0n) is 50.9. The standard InChI is InChI=1S/C81H57N5Si2/c1-7-29-58(30-8-1)60-33-27-43-67(53-60)87(63-35-11-3-12-36-63,64-37-13-4-14-38-64)69-55-62(56-70(57-69)88(65-39-15-5-16-40-65,66-41-17-6-18-42-66)68-44-28-34-61(54-68)59-31-9-2-10-32-59)79-82-80(85-75-49-23-19-45-71(75)72-46-20-24-50-76(72)85)84-81(83-79)86-77-51-25-21-47-73(77)74-48-22-26-52-78(74)86/h1-57H/i55D,56D,57D. The molecule has 3 heterocycles. The summed E-state index contributed by atoms with van der Waals surface area (Å²) in [4.78, 5) is 17.0.